The van der Waals surface area contributed by atoms with Crippen molar-refractivity contribution in [1.82, 2.24) is 15.0 Å². The number of carbonyl (C=O) groups is 1. The molecule has 0 spiro atoms. The van der Waals surface area contributed by atoms with Gasteiger partial charge in [0.1, 0.15) is 0 Å². The van der Waals surface area contributed by atoms with Crippen molar-refractivity contribution in [2.75, 3.05) is 11.9 Å². The highest BCUT2D eigenvalue weighted by Gasteiger charge is 2.22. The molecule has 1 heterocycles. The smallest absolute Gasteiger partial charge is 0.241 e. The number of aryl methyl sites for hydroxylation is 2. The van der Waals surface area contributed by atoms with Gasteiger partial charge in [-0.15, -0.1) is 0 Å². The third-order valence-electron chi connectivity index (χ3n) is 3.82. The number of anilines is 1. The fraction of sp³-hybridized carbons (Fsp3) is 0.471. The number of rotatable bonds is 7. The Morgan fingerprint density at radius 1 is 1.30 bits per heavy atom. The van der Waals surface area contributed by atoms with E-state index in [0.29, 0.717) is 24.8 Å². The fourth-order valence-electron chi connectivity index (χ4n) is 2.24. The molecule has 0 aliphatic rings. The molecular formula is C17H24N4O2. The van der Waals surface area contributed by atoms with Gasteiger partial charge in [0.2, 0.25) is 11.8 Å². The molecule has 2 rings (SSSR count). The molecule has 1 aromatic carbocycles. The van der Waals surface area contributed by atoms with E-state index in [0.717, 1.165) is 17.7 Å². The van der Waals surface area contributed by atoms with Crippen LogP contribution in [-0.4, -0.2) is 33.5 Å². The van der Waals surface area contributed by atoms with Gasteiger partial charge < -0.3 is 9.84 Å². The molecule has 0 saturated carbocycles. The molecule has 0 bridgehead atoms. The summed E-state index contributed by atoms with van der Waals surface area (Å²) in [5.41, 5.74) is 1.96. The molecule has 6 heteroatoms. The third kappa shape index (κ3) is 4.63. The SMILES string of the molecule is CCc1noc(CN(CC)[C@H](C)C(=O)Nc2ccc(C)cc2)n1. The minimum Gasteiger partial charge on any atom is -0.338 e. The molecular weight excluding hydrogens is 292 g/mol. The van der Waals surface area contributed by atoms with Gasteiger partial charge in [-0.3, -0.25) is 9.69 Å². The first-order valence-corrected chi connectivity index (χ1v) is 7.96. The van der Waals surface area contributed by atoms with Crippen molar-refractivity contribution < 1.29 is 9.32 Å². The van der Waals surface area contributed by atoms with E-state index in [1.807, 2.05) is 56.9 Å². The molecule has 1 N–H and O–H groups in total. The van der Waals surface area contributed by atoms with Crippen LogP contribution >= 0.6 is 0 Å². The van der Waals surface area contributed by atoms with Crippen molar-refractivity contribution in [3.63, 3.8) is 0 Å². The Labute approximate surface area is 136 Å². The van der Waals surface area contributed by atoms with Gasteiger partial charge in [0, 0.05) is 12.1 Å². The molecule has 124 valence electrons. The normalized spacial score (nSPS) is 12.4. The molecule has 0 radical (unpaired) electrons. The highest BCUT2D eigenvalue weighted by Crippen LogP contribution is 2.12. The van der Waals surface area contributed by atoms with Crippen molar-refractivity contribution in [3.8, 4) is 0 Å². The lowest BCUT2D eigenvalue weighted by molar-refractivity contribution is -0.121. The second-order valence-corrected chi connectivity index (χ2v) is 5.55. The lowest BCUT2D eigenvalue weighted by Gasteiger charge is -2.25. The topological polar surface area (TPSA) is 71.3 Å². The first-order valence-electron chi connectivity index (χ1n) is 7.96. The fourth-order valence-corrected chi connectivity index (χ4v) is 2.24. The lowest BCUT2D eigenvalue weighted by atomic mass is 10.2. The van der Waals surface area contributed by atoms with Crippen LogP contribution in [0.3, 0.4) is 0 Å². The van der Waals surface area contributed by atoms with Gasteiger partial charge in [-0.2, -0.15) is 4.98 Å². The summed E-state index contributed by atoms with van der Waals surface area (Å²) in [6, 6.07) is 7.47. The number of hydrogen-bond acceptors (Lipinski definition) is 5. The molecule has 1 atom stereocenters. The number of likely N-dealkylation sites (N-methyl/N-ethyl adjacent to an activating group) is 1. The van der Waals surface area contributed by atoms with Crippen LogP contribution in [0, 0.1) is 6.92 Å². The van der Waals surface area contributed by atoms with Gasteiger partial charge >= 0.3 is 0 Å². The van der Waals surface area contributed by atoms with Crippen LogP contribution in [0.25, 0.3) is 0 Å². The molecule has 0 aliphatic heterocycles. The van der Waals surface area contributed by atoms with Crippen LogP contribution in [0.1, 0.15) is 38.0 Å². The van der Waals surface area contributed by atoms with E-state index in [2.05, 4.69) is 15.5 Å². The summed E-state index contributed by atoms with van der Waals surface area (Å²) in [5, 5.41) is 6.83. The van der Waals surface area contributed by atoms with E-state index < -0.39 is 0 Å². The van der Waals surface area contributed by atoms with Crippen molar-refractivity contribution in [1.29, 1.82) is 0 Å². The zero-order chi connectivity index (χ0) is 16.8. The number of nitrogens with zero attached hydrogens (tertiary/aromatic N) is 3. The number of aromatic nitrogens is 2. The average Bonchev–Trinajstić information content (AvgIpc) is 3.01. The maximum Gasteiger partial charge on any atom is 0.241 e. The summed E-state index contributed by atoms with van der Waals surface area (Å²) >= 11 is 0. The number of benzene rings is 1. The molecule has 23 heavy (non-hydrogen) atoms. The van der Waals surface area contributed by atoms with Crippen LogP contribution in [0.4, 0.5) is 5.69 Å². The third-order valence-corrected chi connectivity index (χ3v) is 3.82. The Hall–Kier alpha value is -2.21. The van der Waals surface area contributed by atoms with Gasteiger partial charge in [-0.25, -0.2) is 0 Å². The Bertz CT molecular complexity index is 636. The summed E-state index contributed by atoms with van der Waals surface area (Å²) < 4.78 is 5.21. The van der Waals surface area contributed by atoms with Crippen LogP contribution in [0.2, 0.25) is 0 Å². The number of amides is 1. The quantitative estimate of drug-likeness (QED) is 0.850. The van der Waals surface area contributed by atoms with Crippen LogP contribution in [-0.2, 0) is 17.8 Å². The van der Waals surface area contributed by atoms with Crippen LogP contribution < -0.4 is 5.32 Å². The predicted octanol–water partition coefficient (Wildman–Crippen LogP) is 2.79. The van der Waals surface area contributed by atoms with Crippen molar-refractivity contribution in [2.24, 2.45) is 0 Å². The molecule has 0 unspecified atom stereocenters. The van der Waals surface area contributed by atoms with E-state index >= 15 is 0 Å². The summed E-state index contributed by atoms with van der Waals surface area (Å²) in [7, 11) is 0. The van der Waals surface area contributed by atoms with E-state index in [-0.39, 0.29) is 11.9 Å². The van der Waals surface area contributed by atoms with Crippen molar-refractivity contribution in [2.45, 2.75) is 46.7 Å². The van der Waals surface area contributed by atoms with E-state index in [1.165, 1.54) is 0 Å². The van der Waals surface area contributed by atoms with Crippen molar-refractivity contribution in [3.05, 3.63) is 41.5 Å². The summed E-state index contributed by atoms with van der Waals surface area (Å²) in [4.78, 5) is 18.7. The zero-order valence-corrected chi connectivity index (χ0v) is 14.2. The molecule has 1 amide bonds. The van der Waals surface area contributed by atoms with E-state index in [9.17, 15) is 4.79 Å². The number of hydrogen-bond donors (Lipinski definition) is 1. The predicted molar refractivity (Wildman–Crippen MR) is 89.0 cm³/mol. The second kappa shape index (κ2) is 7.87. The first-order chi connectivity index (χ1) is 11.0. The highest BCUT2D eigenvalue weighted by atomic mass is 16.5. The summed E-state index contributed by atoms with van der Waals surface area (Å²) in [6.07, 6.45) is 0.735. The monoisotopic (exact) mass is 316 g/mol. The minimum absolute atomic E-state index is 0.0501. The van der Waals surface area contributed by atoms with Gasteiger partial charge in [0.25, 0.3) is 0 Å². The Morgan fingerprint density at radius 2 is 2.00 bits per heavy atom. The maximum absolute atomic E-state index is 12.4. The highest BCUT2D eigenvalue weighted by molar-refractivity contribution is 5.94. The van der Waals surface area contributed by atoms with Crippen molar-refractivity contribution >= 4 is 11.6 Å². The van der Waals surface area contributed by atoms with Gasteiger partial charge in [-0.05, 0) is 32.5 Å². The standard InChI is InChI=1S/C17H24N4O2/c1-5-15-19-16(23-20-15)11-21(6-2)13(4)17(22)18-14-9-7-12(3)8-10-14/h7-10,13H,5-6,11H2,1-4H3,(H,18,22)/t13-/m1/s1. The van der Waals surface area contributed by atoms with Gasteiger partial charge in [-0.1, -0.05) is 36.7 Å². The van der Waals surface area contributed by atoms with Crippen LogP contribution in [0.5, 0.6) is 0 Å². The molecule has 6 nitrogen and oxygen atoms in total. The Kier molecular flexibility index (Phi) is 5.87. The average molecular weight is 316 g/mol. The first kappa shape index (κ1) is 17.1. The van der Waals surface area contributed by atoms with Gasteiger partial charge in [0.05, 0.1) is 12.6 Å². The second-order valence-electron chi connectivity index (χ2n) is 5.55. The molecule has 1 aromatic heterocycles. The molecule has 0 saturated heterocycles. The molecule has 0 fully saturated rings. The zero-order valence-electron chi connectivity index (χ0n) is 14.2. The van der Waals surface area contributed by atoms with E-state index in [1.54, 1.807) is 0 Å². The van der Waals surface area contributed by atoms with Gasteiger partial charge in [0.15, 0.2) is 5.82 Å². The largest absolute Gasteiger partial charge is 0.338 e. The number of carbonyl (C=O) groups excluding carboxylic acids is 1. The summed E-state index contributed by atoms with van der Waals surface area (Å²) in [6.45, 7) is 9.06. The Morgan fingerprint density at radius 3 is 2.57 bits per heavy atom. The summed E-state index contributed by atoms with van der Waals surface area (Å²) in [5.74, 6) is 1.18. The maximum atomic E-state index is 12.4. The molecule has 2 aromatic rings. The minimum atomic E-state index is -0.293. The number of nitrogens with one attached hydrogen (secondary N) is 1. The molecule has 0 aliphatic carbocycles. The Balaban J connectivity index is 1.98. The van der Waals surface area contributed by atoms with E-state index in [4.69, 9.17) is 4.52 Å². The van der Waals surface area contributed by atoms with Crippen LogP contribution in [0.15, 0.2) is 28.8 Å². The lowest BCUT2D eigenvalue weighted by Crippen LogP contribution is -2.41.